The molecule has 3 rings (SSSR count). The van der Waals surface area contributed by atoms with Crippen LogP contribution in [0.1, 0.15) is 23.6 Å². The van der Waals surface area contributed by atoms with Gasteiger partial charge in [0.25, 0.3) is 0 Å². The Balaban J connectivity index is 1.50. The summed E-state index contributed by atoms with van der Waals surface area (Å²) in [5, 5.41) is 10.1. The van der Waals surface area contributed by atoms with Crippen LogP contribution >= 0.6 is 0 Å². The van der Waals surface area contributed by atoms with E-state index in [0.29, 0.717) is 13.1 Å². The molecule has 2 aromatic rings. The number of amides is 2. The Morgan fingerprint density at radius 3 is 3.30 bits per heavy atom. The molecule has 106 valence electrons. The zero-order valence-electron chi connectivity index (χ0n) is 11.3. The minimum absolute atomic E-state index is 0.0907. The molecule has 0 saturated carbocycles. The van der Waals surface area contributed by atoms with Crippen LogP contribution in [0.5, 0.6) is 0 Å². The summed E-state index contributed by atoms with van der Waals surface area (Å²) < 4.78 is 6.82. The van der Waals surface area contributed by atoms with Gasteiger partial charge in [-0.3, -0.25) is 0 Å². The third kappa shape index (κ3) is 2.81. The fraction of sp³-hybridized carbons (Fsp3) is 0.462. The lowest BCUT2D eigenvalue weighted by Gasteiger charge is -2.23. The predicted molar refractivity (Wildman–Crippen MR) is 70.9 cm³/mol. The van der Waals surface area contributed by atoms with Crippen LogP contribution in [0, 0.1) is 6.92 Å². The van der Waals surface area contributed by atoms with Crippen molar-refractivity contribution in [2.45, 2.75) is 38.9 Å². The number of hydrogen-bond acceptors (Lipinski definition) is 4. The van der Waals surface area contributed by atoms with Crippen LogP contribution in [-0.4, -0.2) is 26.8 Å². The van der Waals surface area contributed by atoms with Crippen molar-refractivity contribution in [1.82, 2.24) is 25.4 Å². The number of furan rings is 1. The van der Waals surface area contributed by atoms with Crippen molar-refractivity contribution in [3.63, 3.8) is 0 Å². The molecule has 1 aliphatic heterocycles. The van der Waals surface area contributed by atoms with Gasteiger partial charge in [0.1, 0.15) is 11.6 Å². The second-order valence-corrected chi connectivity index (χ2v) is 4.95. The summed E-state index contributed by atoms with van der Waals surface area (Å²) >= 11 is 0. The van der Waals surface area contributed by atoms with Crippen LogP contribution in [0.3, 0.4) is 0 Å². The first kappa shape index (κ1) is 12.7. The van der Waals surface area contributed by atoms with E-state index in [0.717, 1.165) is 30.1 Å². The molecule has 0 spiro atoms. The van der Waals surface area contributed by atoms with Crippen molar-refractivity contribution < 1.29 is 9.21 Å². The lowest BCUT2D eigenvalue weighted by Crippen LogP contribution is -2.45. The maximum Gasteiger partial charge on any atom is 0.315 e. The summed E-state index contributed by atoms with van der Waals surface area (Å²) in [5.41, 5.74) is 0.943. The maximum atomic E-state index is 11.8. The summed E-state index contributed by atoms with van der Waals surface area (Å²) in [6.07, 6.45) is 4.93. The van der Waals surface area contributed by atoms with Gasteiger partial charge in [0.2, 0.25) is 0 Å². The van der Waals surface area contributed by atoms with Gasteiger partial charge in [0.05, 0.1) is 25.1 Å². The average molecular weight is 275 g/mol. The molecule has 1 unspecified atom stereocenters. The molecule has 7 nitrogen and oxygen atoms in total. The molecule has 0 bridgehead atoms. The van der Waals surface area contributed by atoms with Gasteiger partial charge in [-0.05, 0) is 19.4 Å². The molecule has 2 amide bonds. The first-order valence-corrected chi connectivity index (χ1v) is 6.66. The summed E-state index contributed by atoms with van der Waals surface area (Å²) in [7, 11) is 0. The van der Waals surface area contributed by atoms with Crippen LogP contribution in [0.2, 0.25) is 0 Å². The molecule has 2 N–H and O–H groups in total. The van der Waals surface area contributed by atoms with Gasteiger partial charge >= 0.3 is 6.03 Å². The molecule has 0 aromatic carbocycles. The summed E-state index contributed by atoms with van der Waals surface area (Å²) in [6.45, 7) is 3.02. The number of fused-ring (bicyclic) bond motifs is 1. The largest absolute Gasteiger partial charge is 0.472 e. The Morgan fingerprint density at radius 2 is 2.50 bits per heavy atom. The van der Waals surface area contributed by atoms with Gasteiger partial charge in [-0.25, -0.2) is 14.5 Å². The number of nitrogens with zero attached hydrogens (tertiary/aromatic N) is 3. The number of urea groups is 1. The summed E-state index contributed by atoms with van der Waals surface area (Å²) in [5.74, 6) is 1.78. The molecule has 0 saturated heterocycles. The second kappa shape index (κ2) is 5.36. The minimum atomic E-state index is -0.170. The second-order valence-electron chi connectivity index (χ2n) is 4.95. The lowest BCUT2D eigenvalue weighted by molar-refractivity contribution is 0.231. The van der Waals surface area contributed by atoms with Crippen molar-refractivity contribution in [2.24, 2.45) is 0 Å². The molecule has 3 heterocycles. The fourth-order valence-electron chi connectivity index (χ4n) is 2.36. The van der Waals surface area contributed by atoms with Gasteiger partial charge in [0, 0.05) is 18.5 Å². The molecule has 1 aliphatic rings. The molecule has 0 aliphatic carbocycles. The highest BCUT2D eigenvalue weighted by atomic mass is 16.3. The Labute approximate surface area is 116 Å². The summed E-state index contributed by atoms with van der Waals surface area (Å²) in [6, 6.07) is 1.75. The van der Waals surface area contributed by atoms with Crippen LogP contribution in [0.4, 0.5) is 4.79 Å². The fourth-order valence-corrected chi connectivity index (χ4v) is 2.36. The number of aromatic nitrogens is 3. The third-order valence-electron chi connectivity index (χ3n) is 3.33. The van der Waals surface area contributed by atoms with E-state index in [9.17, 15) is 4.79 Å². The highest BCUT2D eigenvalue weighted by Gasteiger charge is 2.22. The van der Waals surface area contributed by atoms with Crippen molar-refractivity contribution in [1.29, 1.82) is 0 Å². The summed E-state index contributed by atoms with van der Waals surface area (Å²) in [4.78, 5) is 16.2. The Hall–Kier alpha value is -2.31. The lowest BCUT2D eigenvalue weighted by atomic mass is 10.1. The van der Waals surface area contributed by atoms with Crippen molar-refractivity contribution in [3.8, 4) is 0 Å². The Morgan fingerprint density at radius 1 is 1.60 bits per heavy atom. The third-order valence-corrected chi connectivity index (χ3v) is 3.33. The maximum absolute atomic E-state index is 11.8. The van der Waals surface area contributed by atoms with Gasteiger partial charge in [0.15, 0.2) is 0 Å². The quantitative estimate of drug-likeness (QED) is 0.875. The number of carbonyl (C=O) groups excluding carboxylic acids is 1. The van der Waals surface area contributed by atoms with E-state index in [2.05, 4.69) is 20.7 Å². The van der Waals surface area contributed by atoms with E-state index in [4.69, 9.17) is 4.42 Å². The van der Waals surface area contributed by atoms with E-state index in [1.165, 1.54) is 0 Å². The standard InChI is InChI=1S/C13H17N5O2/c1-9-15-12-3-2-11(7-18(12)17-9)16-13(19)14-6-10-4-5-20-8-10/h4-5,8,11H,2-3,6-7H2,1H3,(H2,14,16,19). The Bertz CT molecular complexity index is 590. The molecule has 7 heteroatoms. The van der Waals surface area contributed by atoms with E-state index in [1.807, 2.05) is 17.7 Å². The minimum Gasteiger partial charge on any atom is -0.472 e. The predicted octanol–water partition coefficient (Wildman–Crippen LogP) is 0.994. The first-order valence-electron chi connectivity index (χ1n) is 6.66. The first-order chi connectivity index (χ1) is 9.70. The Kier molecular flexibility index (Phi) is 3.41. The zero-order chi connectivity index (χ0) is 13.9. The highest BCUT2D eigenvalue weighted by molar-refractivity contribution is 5.74. The monoisotopic (exact) mass is 275 g/mol. The number of hydrogen-bond donors (Lipinski definition) is 2. The van der Waals surface area contributed by atoms with Crippen molar-refractivity contribution >= 4 is 6.03 Å². The number of carbonyl (C=O) groups is 1. The van der Waals surface area contributed by atoms with E-state index in [-0.39, 0.29) is 12.1 Å². The van der Waals surface area contributed by atoms with Crippen LogP contribution in [0.25, 0.3) is 0 Å². The topological polar surface area (TPSA) is 85.0 Å². The number of nitrogens with one attached hydrogen (secondary N) is 2. The van der Waals surface area contributed by atoms with Crippen LogP contribution < -0.4 is 10.6 Å². The van der Waals surface area contributed by atoms with Crippen molar-refractivity contribution in [2.75, 3.05) is 0 Å². The van der Waals surface area contributed by atoms with Gasteiger partial charge in [-0.1, -0.05) is 0 Å². The van der Waals surface area contributed by atoms with Crippen molar-refractivity contribution in [3.05, 3.63) is 35.8 Å². The zero-order valence-corrected chi connectivity index (χ0v) is 11.3. The molecular formula is C13H17N5O2. The normalized spacial score (nSPS) is 17.6. The molecule has 0 fully saturated rings. The molecule has 1 atom stereocenters. The molecule has 20 heavy (non-hydrogen) atoms. The van der Waals surface area contributed by atoms with E-state index < -0.39 is 0 Å². The highest BCUT2D eigenvalue weighted by Crippen LogP contribution is 2.12. The molecule has 2 aromatic heterocycles. The van der Waals surface area contributed by atoms with Crippen LogP contribution in [0.15, 0.2) is 23.0 Å². The average Bonchev–Trinajstić information content (AvgIpc) is 3.04. The van der Waals surface area contributed by atoms with E-state index >= 15 is 0 Å². The van der Waals surface area contributed by atoms with E-state index in [1.54, 1.807) is 12.5 Å². The van der Waals surface area contributed by atoms with Crippen LogP contribution in [-0.2, 0) is 19.5 Å². The smallest absolute Gasteiger partial charge is 0.315 e. The van der Waals surface area contributed by atoms with Gasteiger partial charge < -0.3 is 15.1 Å². The number of rotatable bonds is 3. The SMILES string of the molecule is Cc1nc2n(n1)CC(NC(=O)NCc1ccoc1)CC2. The van der Waals surface area contributed by atoms with Gasteiger partial charge in [-0.2, -0.15) is 5.10 Å². The molecule has 0 radical (unpaired) electrons. The van der Waals surface area contributed by atoms with Gasteiger partial charge in [-0.15, -0.1) is 0 Å². The number of aryl methyl sites for hydroxylation is 2. The molecular weight excluding hydrogens is 258 g/mol.